The maximum Gasteiger partial charge on any atom is 0.306 e. The molecular weight excluding hydrogens is 367 g/mol. The number of carbonyl (C=O) groups excluding carboxylic acids is 1. The number of benzene rings is 1. The van der Waals surface area contributed by atoms with Gasteiger partial charge in [0.1, 0.15) is 11.5 Å². The molecule has 0 unspecified atom stereocenters. The smallest absolute Gasteiger partial charge is 0.306 e. The predicted molar refractivity (Wildman–Crippen MR) is 92.3 cm³/mol. The average Bonchev–Trinajstić information content (AvgIpc) is 3.15. The molecule has 132 valence electrons. The van der Waals surface area contributed by atoms with Crippen LogP contribution in [0.5, 0.6) is 0 Å². The van der Waals surface area contributed by atoms with Gasteiger partial charge in [0, 0.05) is 6.04 Å². The number of carboxylic acids is 1. The maximum absolute atomic E-state index is 12.4. The average molecular weight is 383 g/mol. The molecule has 1 aliphatic rings. The summed E-state index contributed by atoms with van der Waals surface area (Å²) < 4.78 is 1.42. The first-order valence-corrected chi connectivity index (χ1v) is 8.54. The Labute approximate surface area is 154 Å². The quantitative estimate of drug-likeness (QED) is 0.846. The van der Waals surface area contributed by atoms with E-state index in [4.69, 9.17) is 28.3 Å². The number of hydrogen-bond donors (Lipinski definition) is 2. The minimum absolute atomic E-state index is 0.00717. The lowest BCUT2D eigenvalue weighted by atomic mass is 10.1. The molecule has 1 amide bonds. The van der Waals surface area contributed by atoms with E-state index in [1.54, 1.807) is 25.1 Å². The Balaban J connectivity index is 1.79. The molecule has 1 aliphatic carbocycles. The molecule has 25 heavy (non-hydrogen) atoms. The highest BCUT2D eigenvalue weighted by Crippen LogP contribution is 2.29. The van der Waals surface area contributed by atoms with Crippen molar-refractivity contribution in [3.05, 3.63) is 39.9 Å². The van der Waals surface area contributed by atoms with Gasteiger partial charge in [-0.1, -0.05) is 29.3 Å². The topological polar surface area (TPSA) is 97.1 Å². The molecular formula is C16H16Cl2N4O3. The summed E-state index contributed by atoms with van der Waals surface area (Å²) in [4.78, 5) is 27.6. The van der Waals surface area contributed by atoms with Crippen molar-refractivity contribution in [1.29, 1.82) is 0 Å². The molecule has 0 saturated heterocycles. The second-order valence-electron chi connectivity index (χ2n) is 5.98. The normalized spacial score (nSPS) is 19.8. The largest absolute Gasteiger partial charge is 0.481 e. The van der Waals surface area contributed by atoms with Crippen molar-refractivity contribution in [2.45, 2.75) is 32.2 Å². The zero-order valence-electron chi connectivity index (χ0n) is 13.4. The monoisotopic (exact) mass is 382 g/mol. The molecule has 9 heteroatoms. The van der Waals surface area contributed by atoms with E-state index in [1.165, 1.54) is 4.68 Å². The molecule has 1 aromatic heterocycles. The maximum atomic E-state index is 12.4. The van der Waals surface area contributed by atoms with Crippen LogP contribution in [0.25, 0.3) is 5.69 Å². The number of para-hydroxylation sites is 1. The number of nitrogens with zero attached hydrogens (tertiary/aromatic N) is 3. The fraction of sp³-hybridized carbons (Fsp3) is 0.375. The Bertz CT molecular complexity index is 817. The lowest BCUT2D eigenvalue weighted by Crippen LogP contribution is -2.34. The van der Waals surface area contributed by atoms with E-state index in [9.17, 15) is 9.59 Å². The molecule has 0 aliphatic heterocycles. The zero-order valence-corrected chi connectivity index (χ0v) is 14.9. The van der Waals surface area contributed by atoms with Crippen LogP contribution >= 0.6 is 23.2 Å². The summed E-state index contributed by atoms with van der Waals surface area (Å²) in [5, 5.41) is 16.8. The van der Waals surface area contributed by atoms with E-state index in [0.29, 0.717) is 40.8 Å². The van der Waals surface area contributed by atoms with Gasteiger partial charge in [0.05, 0.1) is 16.0 Å². The standard InChI is InChI=1S/C16H16Cl2N4O3/c1-8-19-14(15(23)20-10-6-5-9(7-10)16(24)25)21-22(8)13-11(17)3-2-4-12(13)18/h2-4,9-10H,5-7H2,1H3,(H,20,23)(H,24,25)/t9-,10+/m1/s1. The Hall–Kier alpha value is -2.12. The summed E-state index contributed by atoms with van der Waals surface area (Å²) in [6.07, 6.45) is 1.59. The van der Waals surface area contributed by atoms with Crippen LogP contribution in [0.1, 0.15) is 35.7 Å². The zero-order chi connectivity index (χ0) is 18.1. The van der Waals surface area contributed by atoms with Crippen LogP contribution in [0.4, 0.5) is 0 Å². The molecule has 7 nitrogen and oxygen atoms in total. The summed E-state index contributed by atoms with van der Waals surface area (Å²) in [7, 11) is 0. The summed E-state index contributed by atoms with van der Waals surface area (Å²) in [5.41, 5.74) is 0.460. The van der Waals surface area contributed by atoms with Gasteiger partial charge in [-0.3, -0.25) is 9.59 Å². The number of rotatable bonds is 4. The van der Waals surface area contributed by atoms with Crippen molar-refractivity contribution in [3.63, 3.8) is 0 Å². The van der Waals surface area contributed by atoms with Crippen molar-refractivity contribution >= 4 is 35.1 Å². The molecule has 1 heterocycles. The molecule has 2 atom stereocenters. The summed E-state index contributed by atoms with van der Waals surface area (Å²) in [6.45, 7) is 1.69. The first kappa shape index (κ1) is 17.7. The van der Waals surface area contributed by atoms with Gasteiger partial charge in [0.15, 0.2) is 0 Å². The van der Waals surface area contributed by atoms with E-state index in [1.807, 2.05) is 0 Å². The molecule has 1 saturated carbocycles. The Morgan fingerprint density at radius 3 is 2.56 bits per heavy atom. The third-order valence-corrected chi connectivity index (χ3v) is 4.85. The van der Waals surface area contributed by atoms with E-state index < -0.39 is 17.8 Å². The first-order valence-electron chi connectivity index (χ1n) is 7.78. The van der Waals surface area contributed by atoms with Crippen LogP contribution in [0, 0.1) is 12.8 Å². The van der Waals surface area contributed by atoms with Gasteiger partial charge in [-0.15, -0.1) is 5.10 Å². The molecule has 2 N–H and O–H groups in total. The van der Waals surface area contributed by atoms with E-state index in [-0.39, 0.29) is 11.9 Å². The molecule has 0 spiro atoms. The van der Waals surface area contributed by atoms with Crippen LogP contribution in [0.2, 0.25) is 10.0 Å². The third kappa shape index (κ3) is 3.62. The van der Waals surface area contributed by atoms with Crippen LogP contribution in [-0.4, -0.2) is 37.8 Å². The van der Waals surface area contributed by atoms with Crippen molar-refractivity contribution in [2.24, 2.45) is 5.92 Å². The van der Waals surface area contributed by atoms with Crippen LogP contribution in [0.15, 0.2) is 18.2 Å². The number of halogens is 2. The fourth-order valence-electron chi connectivity index (χ4n) is 2.98. The predicted octanol–water partition coefficient (Wildman–Crippen LogP) is 2.87. The van der Waals surface area contributed by atoms with Crippen LogP contribution < -0.4 is 5.32 Å². The van der Waals surface area contributed by atoms with Gasteiger partial charge < -0.3 is 10.4 Å². The number of carbonyl (C=O) groups is 2. The fourth-order valence-corrected chi connectivity index (χ4v) is 3.53. The molecule has 0 bridgehead atoms. The Morgan fingerprint density at radius 1 is 1.28 bits per heavy atom. The number of aryl methyl sites for hydroxylation is 1. The van der Waals surface area contributed by atoms with Crippen molar-refractivity contribution in [2.75, 3.05) is 0 Å². The number of carboxylic acid groups (broad SMARTS) is 1. The van der Waals surface area contributed by atoms with Gasteiger partial charge in [-0.2, -0.15) is 0 Å². The summed E-state index contributed by atoms with van der Waals surface area (Å²) in [6, 6.07) is 4.87. The second-order valence-corrected chi connectivity index (χ2v) is 6.80. The first-order chi connectivity index (χ1) is 11.9. The number of nitrogens with one attached hydrogen (secondary N) is 1. The van der Waals surface area contributed by atoms with Gasteiger partial charge in [0.25, 0.3) is 5.91 Å². The van der Waals surface area contributed by atoms with E-state index in [0.717, 1.165) is 0 Å². The third-order valence-electron chi connectivity index (χ3n) is 4.24. The van der Waals surface area contributed by atoms with E-state index >= 15 is 0 Å². The molecule has 2 aromatic rings. The molecule has 1 fully saturated rings. The van der Waals surface area contributed by atoms with Crippen molar-refractivity contribution < 1.29 is 14.7 Å². The SMILES string of the molecule is Cc1nc(C(=O)N[C@H]2CC[C@@H](C(=O)O)C2)nn1-c1c(Cl)cccc1Cl. The lowest BCUT2D eigenvalue weighted by molar-refractivity contribution is -0.141. The number of amides is 1. The van der Waals surface area contributed by atoms with Gasteiger partial charge in [-0.05, 0) is 38.3 Å². The number of aliphatic carboxylic acids is 1. The minimum Gasteiger partial charge on any atom is -0.481 e. The number of hydrogen-bond acceptors (Lipinski definition) is 4. The highest BCUT2D eigenvalue weighted by molar-refractivity contribution is 6.37. The highest BCUT2D eigenvalue weighted by Gasteiger charge is 2.31. The second kappa shape index (κ2) is 7.01. The van der Waals surface area contributed by atoms with Gasteiger partial charge >= 0.3 is 5.97 Å². The van der Waals surface area contributed by atoms with Crippen LogP contribution in [-0.2, 0) is 4.79 Å². The highest BCUT2D eigenvalue weighted by atomic mass is 35.5. The summed E-state index contributed by atoms with van der Waals surface area (Å²) in [5.74, 6) is -1.23. The van der Waals surface area contributed by atoms with Crippen molar-refractivity contribution in [3.8, 4) is 5.69 Å². The number of aromatic nitrogens is 3. The molecule has 3 rings (SSSR count). The lowest BCUT2D eigenvalue weighted by Gasteiger charge is -2.10. The van der Waals surface area contributed by atoms with Crippen molar-refractivity contribution in [1.82, 2.24) is 20.1 Å². The van der Waals surface area contributed by atoms with E-state index in [2.05, 4.69) is 15.4 Å². The molecule has 1 aromatic carbocycles. The summed E-state index contributed by atoms with van der Waals surface area (Å²) >= 11 is 12.4. The Morgan fingerprint density at radius 2 is 1.96 bits per heavy atom. The minimum atomic E-state index is -0.830. The Kier molecular flexibility index (Phi) is 4.96. The molecule has 0 radical (unpaired) electrons. The van der Waals surface area contributed by atoms with Gasteiger partial charge in [-0.25, -0.2) is 9.67 Å². The van der Waals surface area contributed by atoms with Gasteiger partial charge in [0.2, 0.25) is 5.82 Å². The van der Waals surface area contributed by atoms with Crippen LogP contribution in [0.3, 0.4) is 0 Å².